The molecule has 14 heteroatoms. The van der Waals surface area contributed by atoms with Crippen LogP contribution in [-0.2, 0) is 55.9 Å². The lowest BCUT2D eigenvalue weighted by Gasteiger charge is -2.26. The second kappa shape index (κ2) is 26.5. The monoisotopic (exact) mass is 856 g/mol. The highest BCUT2D eigenvalue weighted by Crippen LogP contribution is 2.40. The normalized spacial score (nSPS) is 11.5. The van der Waals surface area contributed by atoms with Crippen molar-refractivity contribution in [1.82, 2.24) is 0 Å². The number of hydrogen-bond acceptors (Lipinski definition) is 13. The smallest absolute Gasteiger partial charge is 0.346 e. The highest BCUT2D eigenvalue weighted by atomic mass is 32.1. The number of anilines is 3. The summed E-state index contributed by atoms with van der Waals surface area (Å²) in [6, 6.07) is 34.9. The Kier molecular flexibility index (Phi) is 20.4. The summed E-state index contributed by atoms with van der Waals surface area (Å²) in [6.07, 6.45) is 1.40. The Hall–Kier alpha value is -4.76. The predicted octanol–water partition coefficient (Wildman–Crippen LogP) is 9.00. The van der Waals surface area contributed by atoms with Crippen molar-refractivity contribution in [1.29, 1.82) is 5.26 Å². The van der Waals surface area contributed by atoms with Gasteiger partial charge in [-0.1, -0.05) is 36.4 Å². The van der Waals surface area contributed by atoms with Gasteiger partial charge in [-0.2, -0.15) is 5.26 Å². The predicted molar refractivity (Wildman–Crippen MR) is 235 cm³/mol. The molecule has 1 N–H and O–H groups in total. The lowest BCUT2D eigenvalue weighted by Crippen LogP contribution is -2.12. The number of nitrogens with zero attached hydrogens (tertiary/aromatic N) is 2. The van der Waals surface area contributed by atoms with E-state index in [1.165, 1.54) is 17.4 Å². The van der Waals surface area contributed by atoms with Gasteiger partial charge in [-0.05, 0) is 83.4 Å². The van der Waals surface area contributed by atoms with E-state index in [4.69, 9.17) is 43.2 Å². The van der Waals surface area contributed by atoms with Gasteiger partial charge in [0.05, 0.1) is 92.5 Å². The van der Waals surface area contributed by atoms with Crippen molar-refractivity contribution in [3.8, 4) is 26.3 Å². The minimum absolute atomic E-state index is 0.290. The number of rotatable bonds is 29. The van der Waals surface area contributed by atoms with Crippen LogP contribution in [0.25, 0.3) is 26.3 Å². The van der Waals surface area contributed by atoms with Gasteiger partial charge in [0.15, 0.2) is 0 Å². The van der Waals surface area contributed by atoms with Crippen molar-refractivity contribution in [3.05, 3.63) is 119 Å². The first-order valence-electron chi connectivity index (χ1n) is 19.6. The Labute approximate surface area is 360 Å². The maximum absolute atomic E-state index is 11.3. The number of carbonyl (C=O) groups is 1. The summed E-state index contributed by atoms with van der Waals surface area (Å²) in [4.78, 5) is 17.4. The molecule has 0 saturated heterocycles. The van der Waals surface area contributed by atoms with Gasteiger partial charge in [-0.15, -0.1) is 22.7 Å². The quantitative estimate of drug-likeness (QED) is 0.0279. The molecule has 0 aliphatic heterocycles. The minimum Gasteiger partial charge on any atom is -0.477 e. The second-order valence-corrected chi connectivity index (χ2v) is 15.3. The topological polar surface area (TPSA) is 138 Å². The molecule has 2 heterocycles. The van der Waals surface area contributed by atoms with Gasteiger partial charge < -0.3 is 47.9 Å². The number of carboxylic acids is 1. The molecule has 0 aliphatic carbocycles. The summed E-state index contributed by atoms with van der Waals surface area (Å²) in [5.41, 5.74) is 5.90. The Morgan fingerprint density at radius 2 is 0.950 bits per heavy atom. The first-order valence-corrected chi connectivity index (χ1v) is 21.2. The summed E-state index contributed by atoms with van der Waals surface area (Å²) >= 11 is 3.11. The molecule has 0 atom stereocenters. The molecule has 2 aromatic heterocycles. The molecule has 0 radical (unpaired) electrons. The fourth-order valence-electron chi connectivity index (χ4n) is 5.72. The zero-order chi connectivity index (χ0) is 42.2. The van der Waals surface area contributed by atoms with E-state index in [0.717, 1.165) is 48.4 Å². The number of aliphatic carboxylic acids is 1. The zero-order valence-electron chi connectivity index (χ0n) is 34.0. The van der Waals surface area contributed by atoms with Gasteiger partial charge >= 0.3 is 5.97 Å². The Morgan fingerprint density at radius 1 is 0.550 bits per heavy atom. The highest BCUT2D eigenvalue weighted by molar-refractivity contribution is 7.24. The first-order chi connectivity index (χ1) is 29.5. The lowest BCUT2D eigenvalue weighted by atomic mass is 10.1. The Balaban J connectivity index is 1.23. The number of ether oxygens (including phenoxy) is 8. The molecule has 0 aliphatic rings. The molecule has 0 bridgehead atoms. The molecule has 318 valence electrons. The van der Waals surface area contributed by atoms with Crippen LogP contribution in [-0.4, -0.2) is 105 Å². The molecule has 0 amide bonds. The van der Waals surface area contributed by atoms with Crippen LogP contribution in [0.5, 0.6) is 0 Å². The number of thiophene rings is 2. The minimum atomic E-state index is -1.24. The van der Waals surface area contributed by atoms with E-state index in [1.807, 2.05) is 12.1 Å². The number of methoxy groups -OCH3 is 2. The van der Waals surface area contributed by atoms with Crippen molar-refractivity contribution in [3.63, 3.8) is 0 Å². The van der Waals surface area contributed by atoms with Crippen molar-refractivity contribution in [2.75, 3.05) is 98.4 Å². The second-order valence-electron chi connectivity index (χ2n) is 13.1. The van der Waals surface area contributed by atoms with E-state index in [0.29, 0.717) is 97.4 Å². The molecule has 5 aromatic rings. The summed E-state index contributed by atoms with van der Waals surface area (Å²) < 4.78 is 43.7. The van der Waals surface area contributed by atoms with E-state index in [9.17, 15) is 9.90 Å². The first kappa shape index (κ1) is 46.3. The third-order valence-electron chi connectivity index (χ3n) is 8.80. The summed E-state index contributed by atoms with van der Waals surface area (Å²) in [5, 5.41) is 18.4. The van der Waals surface area contributed by atoms with E-state index < -0.39 is 5.97 Å². The summed E-state index contributed by atoms with van der Waals surface area (Å²) in [6.45, 7) is 7.23. The van der Waals surface area contributed by atoms with Crippen molar-refractivity contribution < 1.29 is 47.8 Å². The van der Waals surface area contributed by atoms with Gasteiger partial charge in [-0.25, -0.2) is 4.79 Å². The van der Waals surface area contributed by atoms with E-state index in [1.54, 1.807) is 31.6 Å². The van der Waals surface area contributed by atoms with Crippen LogP contribution in [0.1, 0.15) is 16.0 Å². The molecule has 60 heavy (non-hydrogen) atoms. The van der Waals surface area contributed by atoms with Crippen LogP contribution in [0.15, 0.2) is 103 Å². The van der Waals surface area contributed by atoms with Gasteiger partial charge in [-0.3, -0.25) is 0 Å². The molecular formula is C46H52N2O10S2. The number of nitriles is 1. The SMILES string of the molecule is COCCOCCOCCOCc1ccc(N(c2ccc(COCCOCCOCCOC)cc2)c2ccc(-c3ccc(-c4ccc(/C=C(\C#N)C(=O)O)s4)s3)cc2)cc1. The van der Waals surface area contributed by atoms with Crippen LogP contribution in [0.3, 0.4) is 0 Å². The number of benzene rings is 3. The standard InChI is InChI=1S/C46H52N2O10S2/c1-51-19-21-53-23-25-55-27-29-57-33-35-3-9-39(10-4-35)48(40-11-5-36(6-12-40)34-58-30-28-56-26-24-54-22-20-52-2)41-13-7-37(8-14-41)43-17-18-45(60-43)44-16-15-42(59-44)31-38(32-47)46(49)50/h3-18,31H,19-30,33-34H2,1-2H3,(H,49,50)/b38-31+. The average molecular weight is 857 g/mol. The van der Waals surface area contributed by atoms with Gasteiger partial charge in [0.25, 0.3) is 0 Å². The third kappa shape index (κ3) is 15.4. The van der Waals surface area contributed by atoms with Crippen molar-refractivity contribution in [2.24, 2.45) is 0 Å². The van der Waals surface area contributed by atoms with E-state index in [-0.39, 0.29) is 5.57 Å². The Bertz CT molecular complexity index is 1990. The van der Waals surface area contributed by atoms with Gasteiger partial charge in [0.2, 0.25) is 0 Å². The molecule has 5 rings (SSSR count). The van der Waals surface area contributed by atoms with Gasteiger partial charge in [0, 0.05) is 50.8 Å². The largest absolute Gasteiger partial charge is 0.477 e. The molecule has 0 unspecified atom stereocenters. The average Bonchev–Trinajstić information content (AvgIpc) is 3.96. The van der Waals surface area contributed by atoms with Gasteiger partial charge in [0.1, 0.15) is 11.6 Å². The molecular weight excluding hydrogens is 805 g/mol. The maximum atomic E-state index is 11.3. The summed E-state index contributed by atoms with van der Waals surface area (Å²) in [5.74, 6) is -1.24. The molecule has 0 saturated carbocycles. The lowest BCUT2D eigenvalue weighted by molar-refractivity contribution is -0.132. The molecule has 3 aromatic carbocycles. The third-order valence-corrected chi connectivity index (χ3v) is 11.2. The molecule has 0 spiro atoms. The molecule has 12 nitrogen and oxygen atoms in total. The van der Waals surface area contributed by atoms with Crippen LogP contribution in [0.4, 0.5) is 17.1 Å². The molecule has 0 fully saturated rings. The van der Waals surface area contributed by atoms with E-state index in [2.05, 4.69) is 89.8 Å². The highest BCUT2D eigenvalue weighted by Gasteiger charge is 2.15. The zero-order valence-corrected chi connectivity index (χ0v) is 35.7. The fraction of sp³-hybridized carbons (Fsp3) is 0.348. The van der Waals surface area contributed by atoms with E-state index >= 15 is 0 Å². The van der Waals surface area contributed by atoms with Crippen LogP contribution in [0, 0.1) is 11.3 Å². The number of carboxylic acid groups (broad SMARTS) is 1. The summed E-state index contributed by atoms with van der Waals surface area (Å²) in [7, 11) is 3.30. The van der Waals surface area contributed by atoms with Crippen LogP contribution >= 0.6 is 22.7 Å². The van der Waals surface area contributed by atoms with Crippen LogP contribution < -0.4 is 4.90 Å². The van der Waals surface area contributed by atoms with Crippen molar-refractivity contribution >= 4 is 51.8 Å². The van der Waals surface area contributed by atoms with Crippen molar-refractivity contribution in [2.45, 2.75) is 13.2 Å². The van der Waals surface area contributed by atoms with Crippen LogP contribution in [0.2, 0.25) is 0 Å². The number of hydrogen-bond donors (Lipinski definition) is 1. The Morgan fingerprint density at radius 3 is 1.40 bits per heavy atom. The fourth-order valence-corrected chi connectivity index (χ4v) is 7.77. The maximum Gasteiger partial charge on any atom is 0.346 e.